The topological polar surface area (TPSA) is 186 Å². The Bertz CT molecular complexity index is 6260. The second-order valence-corrected chi connectivity index (χ2v) is 34.1. The second-order valence-electron chi connectivity index (χ2n) is 34.1. The minimum Gasteiger partial charge on any atom is -0.493 e. The van der Waals surface area contributed by atoms with Gasteiger partial charge in [0.25, 0.3) is 0 Å². The van der Waals surface area contributed by atoms with Crippen molar-refractivity contribution in [2.45, 2.75) is 141 Å². The van der Waals surface area contributed by atoms with Crippen molar-refractivity contribution in [2.75, 3.05) is 28.4 Å². The highest BCUT2D eigenvalue weighted by Gasteiger charge is 2.35. The lowest BCUT2D eigenvalue weighted by Gasteiger charge is -2.16. The van der Waals surface area contributed by atoms with E-state index in [4.69, 9.17) is 38.9 Å². The van der Waals surface area contributed by atoms with Gasteiger partial charge in [-0.25, -0.2) is 9.59 Å². The van der Waals surface area contributed by atoms with Crippen LogP contribution in [-0.2, 0) is 56.8 Å². The van der Waals surface area contributed by atoms with E-state index in [9.17, 15) is 9.59 Å². The van der Waals surface area contributed by atoms with Gasteiger partial charge in [0, 0.05) is 148 Å². The number of fused-ring (bicyclic) bond motifs is 16. The first-order valence-electron chi connectivity index (χ1n) is 41.7. The molecule has 6 aromatic heterocycles. The summed E-state index contributed by atoms with van der Waals surface area (Å²) in [6.07, 6.45) is 16.1. The largest absolute Gasteiger partial charge is 0.493 e. The maximum atomic E-state index is 12.0. The Hall–Kier alpha value is -14.2. The van der Waals surface area contributed by atoms with Crippen LogP contribution in [0.3, 0.4) is 0 Å². The van der Waals surface area contributed by atoms with Gasteiger partial charge in [0.15, 0.2) is 11.5 Å². The van der Waals surface area contributed by atoms with Crippen LogP contribution in [0, 0.1) is 47.4 Å². The number of methoxy groups -OCH3 is 4. The minimum atomic E-state index is -0.380. The van der Waals surface area contributed by atoms with Gasteiger partial charge in [-0.05, 0) is 157 Å². The molecule has 608 valence electrons. The Kier molecular flexibility index (Phi) is 24.6. The first-order chi connectivity index (χ1) is 58.9. The number of H-pyrrole nitrogens is 4. The van der Waals surface area contributed by atoms with Gasteiger partial charge in [0.1, 0.15) is 0 Å². The number of aromatic nitrogens is 8. The zero-order valence-electron chi connectivity index (χ0n) is 71.4. The van der Waals surface area contributed by atoms with Gasteiger partial charge in [-0.2, -0.15) is 0 Å². The van der Waals surface area contributed by atoms with Crippen molar-refractivity contribution in [1.29, 1.82) is 0 Å². The van der Waals surface area contributed by atoms with Crippen molar-refractivity contribution in [3.63, 3.8) is 0 Å². The van der Waals surface area contributed by atoms with Crippen LogP contribution in [0.5, 0.6) is 11.5 Å². The summed E-state index contributed by atoms with van der Waals surface area (Å²) in [5.74, 6) is 27.6. The molecule has 0 amide bonds. The molecule has 0 unspecified atom stereocenters. The van der Waals surface area contributed by atoms with Gasteiger partial charge < -0.3 is 38.9 Å². The fourth-order valence-corrected chi connectivity index (χ4v) is 16.0. The summed E-state index contributed by atoms with van der Waals surface area (Å²) < 4.78 is 22.3. The van der Waals surface area contributed by atoms with Crippen molar-refractivity contribution in [3.05, 3.63) is 343 Å². The number of benzene rings is 6. The molecule has 122 heavy (non-hydrogen) atoms. The first-order valence-corrected chi connectivity index (χ1v) is 41.7. The molecule has 5 aliphatic rings. The molecule has 1 aliphatic carbocycles. The normalized spacial score (nSPS) is 14.6. The van der Waals surface area contributed by atoms with Crippen molar-refractivity contribution >= 4 is 79.4 Å². The van der Waals surface area contributed by atoms with Gasteiger partial charge in [-0.1, -0.05) is 238 Å². The van der Waals surface area contributed by atoms with Crippen molar-refractivity contribution < 1.29 is 28.5 Å². The zero-order chi connectivity index (χ0) is 85.1. The average molecular weight is 1610 g/mol. The van der Waals surface area contributed by atoms with Crippen LogP contribution in [-0.4, -0.2) is 80.2 Å². The van der Waals surface area contributed by atoms with E-state index in [1.165, 1.54) is 52.7 Å². The summed E-state index contributed by atoms with van der Waals surface area (Å²) in [5.41, 5.74) is 25.2. The van der Waals surface area contributed by atoms with Crippen LogP contribution in [0.15, 0.2) is 231 Å². The smallest absolute Gasteiger partial charge is 0.337 e. The van der Waals surface area contributed by atoms with Gasteiger partial charge in [-0.15, -0.1) is 0 Å². The number of nitrogens with one attached hydrogen (secondary N) is 4. The molecular weight excluding hydrogens is 1510 g/mol. The van der Waals surface area contributed by atoms with Crippen LogP contribution < -0.4 is 9.47 Å². The number of carbonyl (C=O) groups excluding carboxylic acids is 2. The second kappa shape index (κ2) is 36.2. The van der Waals surface area contributed by atoms with E-state index >= 15 is 0 Å². The van der Waals surface area contributed by atoms with Gasteiger partial charge in [0.2, 0.25) is 0 Å². The standard InChI is InChI=1S/2C51H44N4O3.C6H12/c2*1-50(2)31-42-28-43-38(24-20-34-17-21-36(22-18-34)49(56)58-6)26-40(52-43)29-46-51(3,4)32-44(55-46)48(57-5)47-39(27-41(54-47)30-45(50)53-42)25-37(35-15-11-8-12-16-35)23-19-33-13-9-7-10-14-33;1-2-4-6-5-3-1/h2*7-18,21-22,25-30,52,54H,31-32H2,1-6H3;1-6H2/b2*37-25+,40-29?,41-30?,42-28?,43-28?,45-30?,46-29?,48-44?,48-47?;. The van der Waals surface area contributed by atoms with Crippen molar-refractivity contribution in [1.82, 2.24) is 39.9 Å². The zero-order valence-corrected chi connectivity index (χ0v) is 71.4. The van der Waals surface area contributed by atoms with E-state index in [0.29, 0.717) is 35.5 Å². The third-order valence-corrected chi connectivity index (χ3v) is 22.7. The lowest BCUT2D eigenvalue weighted by atomic mass is 9.86. The quantitative estimate of drug-likeness (QED) is 0.0843. The number of ether oxygens (including phenoxy) is 4. The summed E-state index contributed by atoms with van der Waals surface area (Å²) in [4.78, 5) is 59.6. The van der Waals surface area contributed by atoms with Crippen LogP contribution >= 0.6 is 0 Å². The predicted octanol–water partition coefficient (Wildman–Crippen LogP) is 22.6. The molecule has 12 aromatic rings. The number of hydrogen-bond acceptors (Lipinski definition) is 10. The Labute approximate surface area is 714 Å². The van der Waals surface area contributed by atoms with Gasteiger partial charge >= 0.3 is 11.9 Å². The predicted molar refractivity (Wildman–Crippen MR) is 493 cm³/mol. The number of rotatable bonds is 8. The van der Waals surface area contributed by atoms with E-state index in [0.717, 1.165) is 169 Å². The Balaban J connectivity index is 0.000000177. The van der Waals surface area contributed by atoms with E-state index in [-0.39, 0.29) is 33.6 Å². The lowest BCUT2D eigenvalue weighted by Crippen LogP contribution is -2.15. The molecule has 6 aromatic carbocycles. The Morgan fingerprint density at radius 1 is 0.336 bits per heavy atom. The highest BCUT2D eigenvalue weighted by Crippen LogP contribution is 2.42. The fourth-order valence-electron chi connectivity index (χ4n) is 16.0. The average Bonchev–Trinajstić information content (AvgIpc) is 1.62. The van der Waals surface area contributed by atoms with Gasteiger partial charge in [-0.3, -0.25) is 19.9 Å². The number of hydrogen-bond donors (Lipinski definition) is 4. The van der Waals surface area contributed by atoms with Crippen molar-refractivity contribution in [2.24, 2.45) is 0 Å². The molecule has 1 saturated carbocycles. The molecule has 17 rings (SSSR count). The summed E-state index contributed by atoms with van der Waals surface area (Å²) in [7, 11) is 6.17. The molecule has 4 N–H and O–H groups in total. The summed E-state index contributed by atoms with van der Waals surface area (Å²) in [5, 5.41) is 0. The lowest BCUT2D eigenvalue weighted by molar-refractivity contribution is 0.0592. The summed E-state index contributed by atoms with van der Waals surface area (Å²) >= 11 is 0. The fraction of sp³-hybridized carbons (Fsp3) is 0.241. The van der Waals surface area contributed by atoms with Crippen molar-refractivity contribution in [3.8, 4) is 58.9 Å². The minimum absolute atomic E-state index is 0.233. The summed E-state index contributed by atoms with van der Waals surface area (Å²) in [6.45, 7) is 17.7. The molecular formula is C108H100N8O6. The monoisotopic (exact) mass is 1600 g/mol. The van der Waals surface area contributed by atoms with E-state index in [1.807, 2.05) is 121 Å². The van der Waals surface area contributed by atoms with Crippen LogP contribution in [0.2, 0.25) is 0 Å². The number of nitrogens with zero attached hydrogens (tertiary/aromatic N) is 4. The Morgan fingerprint density at radius 2 is 0.656 bits per heavy atom. The maximum absolute atomic E-state index is 12.0. The molecule has 4 aliphatic heterocycles. The first kappa shape index (κ1) is 82.9. The highest BCUT2D eigenvalue weighted by atomic mass is 16.5. The highest BCUT2D eigenvalue weighted by molar-refractivity contribution is 5.98. The summed E-state index contributed by atoms with van der Waals surface area (Å²) in [6, 6.07) is 76.0. The number of esters is 2. The number of aromatic amines is 4. The van der Waals surface area contributed by atoms with E-state index in [2.05, 4.69) is 220 Å². The molecule has 0 atom stereocenters. The molecule has 0 saturated heterocycles. The maximum Gasteiger partial charge on any atom is 0.337 e. The number of allylic oxidation sites excluding steroid dienone is 2. The third-order valence-electron chi connectivity index (χ3n) is 22.7. The third kappa shape index (κ3) is 19.6. The van der Waals surface area contributed by atoms with E-state index in [1.54, 1.807) is 38.5 Å². The number of carbonyl (C=O) groups is 2. The molecule has 0 spiro atoms. The molecule has 1 fully saturated rings. The van der Waals surface area contributed by atoms with Crippen LogP contribution in [0.4, 0.5) is 0 Å². The van der Waals surface area contributed by atoms with E-state index < -0.39 is 0 Å². The SMILES string of the molecule is C1CCCCC1.COC(=O)c1ccc(C#Cc2cc3cc4nc(c(OC)c5[nH]c(cc6nc(cc2[nH]3)CC6(C)C)cc5/C=C(\C#Cc2ccccc2)c2ccccc2)CC4(C)C)cc1.COC(=O)c1ccc(C#Cc2cc3cc4nc(c(OC)c5[nH]c(cc6nc(cc2[nH]3)CC6(C)C)cc5/C=C(\C#Cc2ccccc2)c2ccccc2)CC4(C)C)cc1. The molecule has 14 heteroatoms. The van der Waals surface area contributed by atoms with Gasteiger partial charge in [0.05, 0.1) is 84.1 Å². The van der Waals surface area contributed by atoms with Crippen LogP contribution in [0.1, 0.15) is 216 Å². The molecule has 10 heterocycles. The molecule has 16 bridgehead atoms. The van der Waals surface area contributed by atoms with Crippen LogP contribution in [0.25, 0.3) is 67.4 Å². The molecule has 14 nitrogen and oxygen atoms in total. The Morgan fingerprint density at radius 3 is 1.00 bits per heavy atom. The molecule has 0 radical (unpaired) electrons.